The average molecular weight is 204 g/mol. The summed E-state index contributed by atoms with van der Waals surface area (Å²) in [5, 5.41) is 0.754. The molecule has 1 aliphatic heterocycles. The molecule has 2 rings (SSSR count). The minimum atomic E-state index is 0.754. The van der Waals surface area contributed by atoms with E-state index in [4.69, 9.17) is 0 Å². The summed E-state index contributed by atoms with van der Waals surface area (Å²) in [5.41, 5.74) is 1.46. The Bertz CT molecular complexity index is 289. The third kappa shape index (κ3) is 2.91. The molecule has 1 aromatic rings. The highest BCUT2D eigenvalue weighted by atomic mass is 32.2. The number of aryl methyl sites for hydroxylation is 1. The van der Waals surface area contributed by atoms with E-state index in [2.05, 4.69) is 54.2 Å². The van der Waals surface area contributed by atoms with Crippen molar-refractivity contribution in [3.63, 3.8) is 0 Å². The third-order valence-electron chi connectivity index (χ3n) is 2.53. The summed E-state index contributed by atoms with van der Waals surface area (Å²) in [4.78, 5) is 0. The second kappa shape index (κ2) is 5.26. The lowest BCUT2D eigenvalue weighted by Gasteiger charge is -2.15. The molecule has 0 aliphatic carbocycles. The van der Waals surface area contributed by atoms with E-state index in [1.54, 1.807) is 0 Å². The molecule has 0 radical (unpaired) electrons. The van der Waals surface area contributed by atoms with Crippen molar-refractivity contribution < 1.29 is 0 Å². The maximum atomic E-state index is 2.37. The van der Waals surface area contributed by atoms with Crippen LogP contribution in [0.15, 0.2) is 42.5 Å². The topological polar surface area (TPSA) is 0 Å². The SMILES string of the molecule is C1=CC(CCc2ccccc2)SCC1. The molecule has 0 N–H and O–H groups in total. The third-order valence-corrected chi connectivity index (χ3v) is 3.82. The summed E-state index contributed by atoms with van der Waals surface area (Å²) in [5.74, 6) is 1.30. The zero-order valence-electron chi connectivity index (χ0n) is 8.36. The first-order valence-corrected chi connectivity index (χ1v) is 6.32. The lowest BCUT2D eigenvalue weighted by atomic mass is 10.1. The van der Waals surface area contributed by atoms with E-state index in [1.807, 2.05) is 0 Å². The van der Waals surface area contributed by atoms with E-state index in [0.29, 0.717) is 0 Å². The predicted octanol–water partition coefficient (Wildman–Crippen LogP) is 3.68. The molecular formula is C13H16S. The Morgan fingerprint density at radius 3 is 2.79 bits per heavy atom. The van der Waals surface area contributed by atoms with Gasteiger partial charge in [-0.05, 0) is 30.6 Å². The normalized spacial score (nSPS) is 21.0. The van der Waals surface area contributed by atoms with Crippen LogP contribution in [-0.2, 0) is 6.42 Å². The first-order valence-electron chi connectivity index (χ1n) is 5.27. The van der Waals surface area contributed by atoms with Crippen LogP contribution < -0.4 is 0 Å². The van der Waals surface area contributed by atoms with Gasteiger partial charge >= 0.3 is 0 Å². The van der Waals surface area contributed by atoms with Crippen LogP contribution in [0.5, 0.6) is 0 Å². The van der Waals surface area contributed by atoms with E-state index in [-0.39, 0.29) is 0 Å². The molecule has 74 valence electrons. The van der Waals surface area contributed by atoms with Crippen molar-refractivity contribution in [3.05, 3.63) is 48.0 Å². The Hall–Kier alpha value is -0.690. The van der Waals surface area contributed by atoms with Gasteiger partial charge in [0, 0.05) is 5.25 Å². The minimum absolute atomic E-state index is 0.754. The molecule has 0 amide bonds. The van der Waals surface area contributed by atoms with Crippen LogP contribution in [0.25, 0.3) is 0 Å². The average Bonchev–Trinajstić information content (AvgIpc) is 2.29. The van der Waals surface area contributed by atoms with Crippen LogP contribution in [0, 0.1) is 0 Å². The fourth-order valence-electron chi connectivity index (χ4n) is 1.72. The van der Waals surface area contributed by atoms with Gasteiger partial charge in [-0.25, -0.2) is 0 Å². The summed E-state index contributed by atoms with van der Waals surface area (Å²) in [6.07, 6.45) is 8.45. The van der Waals surface area contributed by atoms with Crippen molar-refractivity contribution in [1.82, 2.24) is 0 Å². The predicted molar refractivity (Wildman–Crippen MR) is 64.8 cm³/mol. The van der Waals surface area contributed by atoms with E-state index in [9.17, 15) is 0 Å². The van der Waals surface area contributed by atoms with Gasteiger partial charge in [-0.3, -0.25) is 0 Å². The van der Waals surface area contributed by atoms with Crippen molar-refractivity contribution in [2.24, 2.45) is 0 Å². The quantitative estimate of drug-likeness (QED) is 0.677. The number of hydrogen-bond acceptors (Lipinski definition) is 1. The zero-order chi connectivity index (χ0) is 9.64. The molecule has 0 saturated heterocycles. The molecular weight excluding hydrogens is 188 g/mol. The van der Waals surface area contributed by atoms with E-state index >= 15 is 0 Å². The molecule has 0 nitrogen and oxygen atoms in total. The zero-order valence-corrected chi connectivity index (χ0v) is 9.17. The van der Waals surface area contributed by atoms with Gasteiger partial charge in [-0.2, -0.15) is 11.8 Å². The summed E-state index contributed by atoms with van der Waals surface area (Å²) >= 11 is 2.10. The fourth-order valence-corrected chi connectivity index (χ4v) is 2.81. The molecule has 0 aromatic heterocycles. The van der Waals surface area contributed by atoms with Crippen LogP contribution >= 0.6 is 11.8 Å². The first kappa shape index (κ1) is 9.85. The minimum Gasteiger partial charge on any atom is -0.154 e. The molecule has 0 saturated carbocycles. The van der Waals surface area contributed by atoms with Gasteiger partial charge in [-0.1, -0.05) is 42.5 Å². The molecule has 1 unspecified atom stereocenters. The number of hydrogen-bond donors (Lipinski definition) is 0. The molecule has 1 heteroatoms. The Balaban J connectivity index is 1.82. The summed E-state index contributed by atoms with van der Waals surface area (Å²) in [6, 6.07) is 10.8. The Morgan fingerprint density at radius 1 is 1.21 bits per heavy atom. The van der Waals surface area contributed by atoms with E-state index in [0.717, 1.165) is 5.25 Å². The van der Waals surface area contributed by atoms with Crippen molar-refractivity contribution in [2.45, 2.75) is 24.5 Å². The smallest absolute Gasteiger partial charge is 0.0230 e. The molecule has 1 aliphatic rings. The molecule has 0 fully saturated rings. The number of allylic oxidation sites excluding steroid dienone is 1. The maximum absolute atomic E-state index is 2.37. The summed E-state index contributed by atoms with van der Waals surface area (Å²) in [7, 11) is 0. The van der Waals surface area contributed by atoms with Gasteiger partial charge in [-0.15, -0.1) is 0 Å². The molecule has 1 heterocycles. The van der Waals surface area contributed by atoms with Gasteiger partial charge in [0.2, 0.25) is 0 Å². The van der Waals surface area contributed by atoms with Gasteiger partial charge in [0.1, 0.15) is 0 Å². The molecule has 14 heavy (non-hydrogen) atoms. The van der Waals surface area contributed by atoms with Crippen LogP contribution in [0.1, 0.15) is 18.4 Å². The van der Waals surface area contributed by atoms with Crippen LogP contribution in [-0.4, -0.2) is 11.0 Å². The lowest BCUT2D eigenvalue weighted by molar-refractivity contribution is 0.847. The standard InChI is InChI=1S/C13H16S/c1-2-6-12(7-3-1)9-10-13-8-4-5-11-14-13/h1-4,6-8,13H,5,9-11H2. The maximum Gasteiger partial charge on any atom is 0.0230 e. The lowest BCUT2D eigenvalue weighted by Crippen LogP contribution is -2.05. The Morgan fingerprint density at radius 2 is 2.07 bits per heavy atom. The molecule has 0 bridgehead atoms. The van der Waals surface area contributed by atoms with Crippen LogP contribution in [0.2, 0.25) is 0 Å². The summed E-state index contributed by atoms with van der Waals surface area (Å²) < 4.78 is 0. The van der Waals surface area contributed by atoms with Crippen molar-refractivity contribution in [1.29, 1.82) is 0 Å². The molecule has 0 spiro atoms. The van der Waals surface area contributed by atoms with Gasteiger partial charge in [0.15, 0.2) is 0 Å². The highest BCUT2D eigenvalue weighted by Gasteiger charge is 2.08. The van der Waals surface area contributed by atoms with Crippen molar-refractivity contribution in [2.75, 3.05) is 5.75 Å². The van der Waals surface area contributed by atoms with Gasteiger partial charge < -0.3 is 0 Å². The van der Waals surface area contributed by atoms with E-state index < -0.39 is 0 Å². The van der Waals surface area contributed by atoms with Crippen LogP contribution in [0.4, 0.5) is 0 Å². The molecule has 1 atom stereocenters. The second-order valence-corrected chi connectivity index (χ2v) is 5.00. The van der Waals surface area contributed by atoms with Crippen molar-refractivity contribution in [3.8, 4) is 0 Å². The second-order valence-electron chi connectivity index (χ2n) is 3.65. The first-order chi connectivity index (χ1) is 6.95. The highest BCUT2D eigenvalue weighted by Crippen LogP contribution is 2.23. The monoisotopic (exact) mass is 204 g/mol. The Labute approximate surface area is 90.4 Å². The van der Waals surface area contributed by atoms with Gasteiger partial charge in [0.05, 0.1) is 0 Å². The van der Waals surface area contributed by atoms with Crippen LogP contribution in [0.3, 0.4) is 0 Å². The Kier molecular flexibility index (Phi) is 3.70. The largest absolute Gasteiger partial charge is 0.154 e. The summed E-state index contributed by atoms with van der Waals surface area (Å²) in [6.45, 7) is 0. The van der Waals surface area contributed by atoms with Gasteiger partial charge in [0.25, 0.3) is 0 Å². The fraction of sp³-hybridized carbons (Fsp3) is 0.385. The molecule has 1 aromatic carbocycles. The number of benzene rings is 1. The number of thioether (sulfide) groups is 1. The van der Waals surface area contributed by atoms with Crippen molar-refractivity contribution >= 4 is 11.8 Å². The number of rotatable bonds is 3. The highest BCUT2D eigenvalue weighted by molar-refractivity contribution is 8.00. The van der Waals surface area contributed by atoms with E-state index in [1.165, 1.54) is 30.6 Å².